The third kappa shape index (κ3) is 5.14. The van der Waals surface area contributed by atoms with Gasteiger partial charge in [-0.2, -0.15) is 4.98 Å². The van der Waals surface area contributed by atoms with E-state index in [9.17, 15) is 4.79 Å². The number of ether oxygens (including phenoxy) is 1. The summed E-state index contributed by atoms with van der Waals surface area (Å²) < 4.78 is 6.44. The summed E-state index contributed by atoms with van der Waals surface area (Å²) in [5, 5.41) is 10.0. The summed E-state index contributed by atoms with van der Waals surface area (Å²) in [5.41, 5.74) is 3.88. The first-order chi connectivity index (χ1) is 15.9. The van der Waals surface area contributed by atoms with Gasteiger partial charge in [0.25, 0.3) is 0 Å². The highest BCUT2D eigenvalue weighted by molar-refractivity contribution is 7.99. The van der Waals surface area contributed by atoms with E-state index in [0.29, 0.717) is 34.1 Å². The highest BCUT2D eigenvalue weighted by Gasteiger charge is 2.35. The molecule has 0 fully saturated rings. The number of carbonyl (C=O) groups excluding carboxylic acids is 1. The molecule has 3 aromatic rings. The van der Waals surface area contributed by atoms with Crippen molar-refractivity contribution in [1.82, 2.24) is 15.2 Å². The van der Waals surface area contributed by atoms with Crippen molar-refractivity contribution < 1.29 is 9.53 Å². The predicted molar refractivity (Wildman–Crippen MR) is 133 cm³/mol. The molecule has 1 atom stereocenters. The molecule has 2 aromatic carbocycles. The van der Waals surface area contributed by atoms with Crippen LogP contribution in [0.4, 0.5) is 5.69 Å². The molecule has 0 radical (unpaired) electrons. The molecule has 1 aliphatic heterocycles. The highest BCUT2D eigenvalue weighted by Crippen LogP contribution is 2.44. The molecular formula is C25H27ClN4O2S. The first-order valence-electron chi connectivity index (χ1n) is 11.1. The third-order valence-corrected chi connectivity index (χ3v) is 6.54. The highest BCUT2D eigenvalue weighted by atomic mass is 35.5. The van der Waals surface area contributed by atoms with E-state index in [0.717, 1.165) is 34.6 Å². The van der Waals surface area contributed by atoms with Gasteiger partial charge >= 0.3 is 0 Å². The van der Waals surface area contributed by atoms with E-state index >= 15 is 0 Å². The fourth-order valence-electron chi connectivity index (χ4n) is 3.61. The molecule has 1 amide bonds. The maximum Gasteiger partial charge on any atom is 0.247 e. The van der Waals surface area contributed by atoms with Gasteiger partial charge in [-0.05, 0) is 43.5 Å². The minimum absolute atomic E-state index is 0.0626. The van der Waals surface area contributed by atoms with Crippen LogP contribution in [0.3, 0.4) is 0 Å². The minimum atomic E-state index is -0.706. The summed E-state index contributed by atoms with van der Waals surface area (Å²) >= 11 is 7.69. The number of amides is 1. The van der Waals surface area contributed by atoms with Crippen LogP contribution < -0.4 is 9.64 Å². The van der Waals surface area contributed by atoms with Crippen LogP contribution in [0.1, 0.15) is 51.0 Å². The van der Waals surface area contributed by atoms with Gasteiger partial charge in [0, 0.05) is 28.3 Å². The summed E-state index contributed by atoms with van der Waals surface area (Å²) in [6.07, 6.45) is 0.676. The van der Waals surface area contributed by atoms with Crippen LogP contribution >= 0.6 is 23.4 Å². The molecule has 1 unspecified atom stereocenters. The number of anilines is 1. The zero-order valence-corrected chi connectivity index (χ0v) is 20.8. The number of hydrogen-bond donors (Lipinski definition) is 0. The van der Waals surface area contributed by atoms with Gasteiger partial charge in [0.2, 0.25) is 23.2 Å². The molecule has 4 rings (SSSR count). The van der Waals surface area contributed by atoms with Gasteiger partial charge in [-0.15, -0.1) is 10.2 Å². The van der Waals surface area contributed by atoms with E-state index in [1.54, 1.807) is 28.8 Å². The zero-order valence-electron chi connectivity index (χ0n) is 19.2. The molecule has 0 saturated carbocycles. The Hall–Kier alpha value is -2.64. The van der Waals surface area contributed by atoms with Gasteiger partial charge in [0.1, 0.15) is 0 Å². The first-order valence-corrected chi connectivity index (χ1v) is 12.5. The van der Waals surface area contributed by atoms with Gasteiger partial charge < -0.3 is 4.74 Å². The van der Waals surface area contributed by atoms with Crippen molar-refractivity contribution in [3.63, 3.8) is 0 Å². The number of nitrogens with zero attached hydrogens (tertiary/aromatic N) is 4. The van der Waals surface area contributed by atoms with Crippen molar-refractivity contribution in [2.24, 2.45) is 5.92 Å². The van der Waals surface area contributed by atoms with E-state index in [4.69, 9.17) is 21.3 Å². The number of aryl methyl sites for hydroxylation is 1. The second-order valence-corrected chi connectivity index (χ2v) is 9.94. The average Bonchev–Trinajstić information content (AvgIpc) is 2.93. The summed E-state index contributed by atoms with van der Waals surface area (Å²) in [4.78, 5) is 19.6. The number of hydrogen-bond acceptors (Lipinski definition) is 6. The molecule has 33 heavy (non-hydrogen) atoms. The smallest absolute Gasteiger partial charge is 0.247 e. The molecule has 0 saturated heterocycles. The van der Waals surface area contributed by atoms with E-state index in [2.05, 4.69) is 24.0 Å². The van der Waals surface area contributed by atoms with Gasteiger partial charge in [0.05, 0.1) is 5.69 Å². The summed E-state index contributed by atoms with van der Waals surface area (Å²) in [5.74, 6) is 1.80. The maximum absolute atomic E-state index is 13.2. The topological polar surface area (TPSA) is 68.2 Å². The number of carbonyl (C=O) groups is 1. The number of fused-ring (bicyclic) bond motifs is 3. The quantitative estimate of drug-likeness (QED) is 0.375. The second kappa shape index (κ2) is 10.1. The summed E-state index contributed by atoms with van der Waals surface area (Å²) in [7, 11) is 0. The lowest BCUT2D eigenvalue weighted by atomic mass is 10.0. The van der Waals surface area contributed by atoms with Gasteiger partial charge in [0.15, 0.2) is 5.69 Å². The van der Waals surface area contributed by atoms with E-state index in [-0.39, 0.29) is 5.91 Å². The maximum atomic E-state index is 13.2. The molecule has 2 heterocycles. The van der Waals surface area contributed by atoms with Crippen molar-refractivity contribution in [2.45, 2.75) is 51.9 Å². The Morgan fingerprint density at radius 2 is 1.94 bits per heavy atom. The normalized spacial score (nSPS) is 15.0. The van der Waals surface area contributed by atoms with Crippen LogP contribution in [0.25, 0.3) is 11.3 Å². The van der Waals surface area contributed by atoms with Crippen molar-refractivity contribution in [3.8, 4) is 17.1 Å². The number of rotatable bonds is 6. The van der Waals surface area contributed by atoms with Crippen LogP contribution in [0.15, 0.2) is 47.6 Å². The lowest BCUT2D eigenvalue weighted by Crippen LogP contribution is -2.37. The Morgan fingerprint density at radius 3 is 2.64 bits per heavy atom. The second-order valence-electron chi connectivity index (χ2n) is 8.44. The molecule has 0 aliphatic carbocycles. The van der Waals surface area contributed by atoms with Crippen molar-refractivity contribution in [3.05, 3.63) is 58.6 Å². The van der Waals surface area contributed by atoms with Gasteiger partial charge in [-0.3, -0.25) is 9.69 Å². The summed E-state index contributed by atoms with van der Waals surface area (Å²) in [6, 6.07) is 13.2. The predicted octanol–water partition coefficient (Wildman–Crippen LogP) is 6.47. The Bertz CT molecular complexity index is 1150. The van der Waals surface area contributed by atoms with E-state index in [1.165, 1.54) is 0 Å². The van der Waals surface area contributed by atoms with Gasteiger partial charge in [-0.1, -0.05) is 67.9 Å². The Labute approximate surface area is 203 Å². The lowest BCUT2D eigenvalue weighted by molar-refractivity contribution is -0.120. The van der Waals surface area contributed by atoms with E-state index < -0.39 is 6.23 Å². The fourth-order valence-corrected chi connectivity index (χ4v) is 4.75. The van der Waals surface area contributed by atoms with E-state index in [1.807, 2.05) is 44.2 Å². The fraction of sp³-hybridized carbons (Fsp3) is 0.360. The number of thioether (sulfide) groups is 1. The molecule has 0 N–H and O–H groups in total. The average molecular weight is 483 g/mol. The zero-order chi connectivity index (χ0) is 23.5. The largest absolute Gasteiger partial charge is 0.447 e. The summed E-state index contributed by atoms with van der Waals surface area (Å²) in [6.45, 7) is 8.23. The van der Waals surface area contributed by atoms with Crippen LogP contribution in [-0.4, -0.2) is 26.8 Å². The van der Waals surface area contributed by atoms with Crippen LogP contribution in [0.2, 0.25) is 5.02 Å². The van der Waals surface area contributed by atoms with Gasteiger partial charge in [-0.25, -0.2) is 0 Å². The molecule has 1 aromatic heterocycles. The molecule has 8 heteroatoms. The molecule has 0 spiro atoms. The number of benzene rings is 2. The standard InChI is InChI=1S/C25H27ClN4O2S/c1-5-21(31)30-20-11-6-16(4)14-19(20)22-23(27-25(29-28-22)33-13-12-15(2)3)32-24(30)17-7-9-18(26)10-8-17/h6-11,14-15,24H,5,12-13H2,1-4H3. The SMILES string of the molecule is CCC(=O)N1c2ccc(C)cc2-c2nnc(SCCC(C)C)nc2OC1c1ccc(Cl)cc1. The molecule has 172 valence electrons. The van der Waals surface area contributed by atoms with Crippen molar-refractivity contribution in [1.29, 1.82) is 0 Å². The van der Waals surface area contributed by atoms with Crippen LogP contribution in [0, 0.1) is 12.8 Å². The molecule has 1 aliphatic rings. The lowest BCUT2D eigenvalue weighted by Gasteiger charge is -2.30. The number of aromatic nitrogens is 3. The third-order valence-electron chi connectivity index (χ3n) is 5.41. The first kappa shape index (κ1) is 23.5. The minimum Gasteiger partial charge on any atom is -0.447 e. The molecule has 0 bridgehead atoms. The monoisotopic (exact) mass is 482 g/mol. The Kier molecular flexibility index (Phi) is 7.20. The van der Waals surface area contributed by atoms with Crippen LogP contribution in [0.5, 0.6) is 5.88 Å². The van der Waals surface area contributed by atoms with Crippen molar-refractivity contribution >= 4 is 35.0 Å². The van der Waals surface area contributed by atoms with Crippen LogP contribution in [-0.2, 0) is 4.79 Å². The molecular weight excluding hydrogens is 456 g/mol. The Morgan fingerprint density at radius 1 is 1.18 bits per heavy atom. The van der Waals surface area contributed by atoms with Crippen molar-refractivity contribution in [2.75, 3.05) is 10.7 Å². The Balaban J connectivity index is 1.85. The molecule has 6 nitrogen and oxygen atoms in total. The number of halogens is 1.